The van der Waals surface area contributed by atoms with Crippen LogP contribution in [-0.2, 0) is 22.7 Å². The SMILES string of the molecule is COc1cccc(CN2CC(OCc3c(C)noc3C)CN(CC=Cc3ccco3)CC2=O)c1. The summed E-state index contributed by atoms with van der Waals surface area (Å²) in [4.78, 5) is 17.2. The zero-order chi connectivity index (χ0) is 23.9. The van der Waals surface area contributed by atoms with Gasteiger partial charge in [-0.2, -0.15) is 0 Å². The lowest BCUT2D eigenvalue weighted by molar-refractivity contribution is -0.132. The van der Waals surface area contributed by atoms with Gasteiger partial charge in [-0.25, -0.2) is 0 Å². The van der Waals surface area contributed by atoms with Crippen molar-refractivity contribution in [3.8, 4) is 5.75 Å². The van der Waals surface area contributed by atoms with Crippen molar-refractivity contribution in [2.24, 2.45) is 0 Å². The smallest absolute Gasteiger partial charge is 0.237 e. The normalized spacial score (nSPS) is 17.4. The van der Waals surface area contributed by atoms with Gasteiger partial charge in [-0.05, 0) is 49.8 Å². The molecule has 0 N–H and O–H groups in total. The number of aromatic nitrogens is 1. The maximum Gasteiger partial charge on any atom is 0.237 e. The first-order valence-corrected chi connectivity index (χ1v) is 11.4. The van der Waals surface area contributed by atoms with E-state index in [0.717, 1.165) is 34.1 Å². The quantitative estimate of drug-likeness (QED) is 0.475. The van der Waals surface area contributed by atoms with E-state index in [0.29, 0.717) is 39.3 Å². The molecule has 1 aromatic carbocycles. The average molecular weight is 466 g/mol. The Morgan fingerprint density at radius 1 is 1.21 bits per heavy atom. The predicted molar refractivity (Wildman–Crippen MR) is 127 cm³/mol. The van der Waals surface area contributed by atoms with Gasteiger partial charge in [0.1, 0.15) is 17.3 Å². The van der Waals surface area contributed by atoms with Crippen LogP contribution in [-0.4, -0.2) is 60.3 Å². The summed E-state index contributed by atoms with van der Waals surface area (Å²) in [6.07, 6.45) is 5.41. The zero-order valence-corrected chi connectivity index (χ0v) is 19.9. The third kappa shape index (κ3) is 6.15. The number of amides is 1. The Morgan fingerprint density at radius 2 is 2.09 bits per heavy atom. The Morgan fingerprint density at radius 3 is 2.82 bits per heavy atom. The van der Waals surface area contributed by atoms with E-state index in [4.69, 9.17) is 18.4 Å². The number of nitrogens with zero attached hydrogens (tertiary/aromatic N) is 3. The van der Waals surface area contributed by atoms with Crippen LogP contribution in [0.5, 0.6) is 5.75 Å². The molecule has 0 radical (unpaired) electrons. The first-order valence-electron chi connectivity index (χ1n) is 11.4. The topological polar surface area (TPSA) is 81.2 Å². The first kappa shape index (κ1) is 23.8. The highest BCUT2D eigenvalue weighted by Crippen LogP contribution is 2.19. The third-order valence-electron chi connectivity index (χ3n) is 5.94. The fourth-order valence-corrected chi connectivity index (χ4v) is 4.05. The van der Waals surface area contributed by atoms with Crippen LogP contribution >= 0.6 is 0 Å². The first-order chi connectivity index (χ1) is 16.5. The molecule has 1 atom stereocenters. The molecule has 0 spiro atoms. The second-order valence-electron chi connectivity index (χ2n) is 8.47. The minimum Gasteiger partial charge on any atom is -0.497 e. The highest BCUT2D eigenvalue weighted by Gasteiger charge is 2.28. The molecule has 8 nitrogen and oxygen atoms in total. The van der Waals surface area contributed by atoms with E-state index in [9.17, 15) is 4.79 Å². The largest absolute Gasteiger partial charge is 0.497 e. The molecule has 0 saturated carbocycles. The van der Waals surface area contributed by atoms with Gasteiger partial charge in [0.25, 0.3) is 0 Å². The molecule has 34 heavy (non-hydrogen) atoms. The van der Waals surface area contributed by atoms with Crippen LogP contribution in [0.4, 0.5) is 0 Å². The molecule has 1 amide bonds. The van der Waals surface area contributed by atoms with Crippen molar-refractivity contribution in [2.45, 2.75) is 33.1 Å². The summed E-state index contributed by atoms with van der Waals surface area (Å²) in [7, 11) is 1.64. The number of ether oxygens (including phenoxy) is 2. The summed E-state index contributed by atoms with van der Waals surface area (Å²) < 4.78 is 22.3. The number of furan rings is 1. The number of aryl methyl sites for hydroxylation is 2. The van der Waals surface area contributed by atoms with Gasteiger partial charge >= 0.3 is 0 Å². The second kappa shape index (κ2) is 11.2. The summed E-state index contributed by atoms with van der Waals surface area (Å²) in [5, 5.41) is 4.02. The molecule has 3 aromatic rings. The fourth-order valence-electron chi connectivity index (χ4n) is 4.05. The van der Waals surface area contributed by atoms with E-state index in [2.05, 4.69) is 10.1 Å². The summed E-state index contributed by atoms with van der Waals surface area (Å²) in [5.74, 6) is 2.38. The monoisotopic (exact) mass is 465 g/mol. The molecule has 1 fully saturated rings. The zero-order valence-electron chi connectivity index (χ0n) is 19.9. The van der Waals surface area contributed by atoms with Crippen molar-refractivity contribution in [3.05, 3.63) is 77.1 Å². The van der Waals surface area contributed by atoms with Gasteiger partial charge in [0, 0.05) is 31.7 Å². The van der Waals surface area contributed by atoms with E-state index >= 15 is 0 Å². The van der Waals surface area contributed by atoms with Crippen molar-refractivity contribution < 1.29 is 23.2 Å². The summed E-state index contributed by atoms with van der Waals surface area (Å²) in [6, 6.07) is 11.6. The lowest BCUT2D eigenvalue weighted by Gasteiger charge is -2.25. The molecule has 1 aliphatic heterocycles. The molecular formula is C26H31N3O5. The summed E-state index contributed by atoms with van der Waals surface area (Å²) >= 11 is 0. The minimum absolute atomic E-state index is 0.0673. The average Bonchev–Trinajstić information content (AvgIpc) is 3.43. The maximum atomic E-state index is 13.2. The van der Waals surface area contributed by atoms with Gasteiger partial charge in [0.2, 0.25) is 5.91 Å². The number of hydrogen-bond acceptors (Lipinski definition) is 7. The standard InChI is InChI=1S/C26H31N3O5/c1-19-25(20(2)34-27-19)18-33-24-15-28(11-5-9-22-10-6-12-32-22)17-26(30)29(16-24)14-21-7-4-8-23(13-21)31-3/h4-10,12-13,24H,11,14-18H2,1-3H3. The van der Waals surface area contributed by atoms with E-state index in [1.807, 2.05) is 67.3 Å². The molecule has 1 aliphatic rings. The summed E-state index contributed by atoms with van der Waals surface area (Å²) in [6.45, 7) is 6.75. The molecule has 0 aliphatic carbocycles. The van der Waals surface area contributed by atoms with Crippen molar-refractivity contribution in [1.82, 2.24) is 15.0 Å². The fraction of sp³-hybridized carbons (Fsp3) is 0.385. The van der Waals surface area contributed by atoms with Crippen molar-refractivity contribution in [3.63, 3.8) is 0 Å². The Labute approximate surface area is 199 Å². The Bertz CT molecular complexity index is 1090. The number of hydrogen-bond donors (Lipinski definition) is 0. The molecule has 8 heteroatoms. The van der Waals surface area contributed by atoms with Crippen molar-refractivity contribution in [1.29, 1.82) is 0 Å². The van der Waals surface area contributed by atoms with Crippen molar-refractivity contribution >= 4 is 12.0 Å². The third-order valence-corrected chi connectivity index (χ3v) is 5.94. The van der Waals surface area contributed by atoms with Gasteiger partial charge in [-0.3, -0.25) is 9.69 Å². The lowest BCUT2D eigenvalue weighted by Crippen LogP contribution is -2.37. The molecule has 1 saturated heterocycles. The van der Waals surface area contributed by atoms with Gasteiger partial charge in [-0.1, -0.05) is 23.4 Å². The van der Waals surface area contributed by atoms with Gasteiger partial charge in [-0.15, -0.1) is 0 Å². The molecule has 2 aromatic heterocycles. The number of carbonyl (C=O) groups is 1. The van der Waals surface area contributed by atoms with Crippen LogP contribution in [0.15, 0.2) is 57.7 Å². The molecule has 3 heterocycles. The Kier molecular flexibility index (Phi) is 7.82. The Balaban J connectivity index is 1.48. The highest BCUT2D eigenvalue weighted by molar-refractivity contribution is 5.78. The van der Waals surface area contributed by atoms with Gasteiger partial charge in [0.05, 0.1) is 38.3 Å². The van der Waals surface area contributed by atoms with Crippen LogP contribution < -0.4 is 4.74 Å². The number of methoxy groups -OCH3 is 1. The minimum atomic E-state index is -0.164. The molecule has 1 unspecified atom stereocenters. The number of rotatable bonds is 9. The maximum absolute atomic E-state index is 13.2. The van der Waals surface area contributed by atoms with Gasteiger partial charge in [0.15, 0.2) is 0 Å². The van der Waals surface area contributed by atoms with Gasteiger partial charge < -0.3 is 23.3 Å². The lowest BCUT2D eigenvalue weighted by atomic mass is 10.2. The van der Waals surface area contributed by atoms with E-state index in [1.165, 1.54) is 0 Å². The second-order valence-corrected chi connectivity index (χ2v) is 8.47. The van der Waals surface area contributed by atoms with Crippen LogP contribution in [0.25, 0.3) is 6.08 Å². The van der Waals surface area contributed by atoms with E-state index in [-0.39, 0.29) is 12.0 Å². The summed E-state index contributed by atoms with van der Waals surface area (Å²) in [5.41, 5.74) is 2.80. The van der Waals surface area contributed by atoms with E-state index in [1.54, 1.807) is 13.4 Å². The van der Waals surface area contributed by atoms with Crippen LogP contribution in [0.3, 0.4) is 0 Å². The van der Waals surface area contributed by atoms with Crippen LogP contribution in [0, 0.1) is 13.8 Å². The Hall–Kier alpha value is -3.36. The molecule has 4 rings (SSSR count). The molecule has 0 bridgehead atoms. The number of benzene rings is 1. The van der Waals surface area contributed by atoms with E-state index < -0.39 is 0 Å². The van der Waals surface area contributed by atoms with Crippen LogP contribution in [0.2, 0.25) is 0 Å². The molecule has 180 valence electrons. The molecular weight excluding hydrogens is 434 g/mol. The predicted octanol–water partition coefficient (Wildman–Crippen LogP) is 3.84. The number of carbonyl (C=O) groups excluding carboxylic acids is 1. The highest BCUT2D eigenvalue weighted by atomic mass is 16.5. The van der Waals surface area contributed by atoms with Crippen LogP contribution in [0.1, 0.15) is 28.3 Å². The van der Waals surface area contributed by atoms with Crippen molar-refractivity contribution in [2.75, 3.05) is 33.3 Å².